The first-order valence-corrected chi connectivity index (χ1v) is 11.0. The molecule has 2 aromatic rings. The molecule has 0 aliphatic carbocycles. The molecular weight excluding hydrogens is 352 g/mol. The van der Waals surface area contributed by atoms with Crippen molar-refractivity contribution in [1.82, 2.24) is 0 Å². The van der Waals surface area contributed by atoms with Gasteiger partial charge in [-0.1, -0.05) is 93.6 Å². The Labute approximate surface area is 176 Å². The van der Waals surface area contributed by atoms with Crippen molar-refractivity contribution in [2.45, 2.75) is 72.1 Å². The predicted octanol–water partition coefficient (Wildman–Crippen LogP) is 7.57. The molecule has 2 heteroatoms. The van der Waals surface area contributed by atoms with E-state index in [4.69, 9.17) is 5.53 Å². The van der Waals surface area contributed by atoms with E-state index in [0.717, 1.165) is 30.4 Å². The minimum absolute atomic E-state index is 0.869. The number of benzene rings is 2. The lowest BCUT2D eigenvalue weighted by atomic mass is 9.93. The number of rotatable bonds is 11. The first-order chi connectivity index (χ1) is 14.2. The van der Waals surface area contributed by atoms with E-state index >= 15 is 0 Å². The monoisotopic (exact) mass is 386 g/mol. The largest absolute Gasteiger partial charge is 0.348 e. The summed E-state index contributed by atoms with van der Waals surface area (Å²) in [5, 5.41) is 0. The summed E-state index contributed by atoms with van der Waals surface area (Å²) in [6, 6.07) is 17.5. The Balaban J connectivity index is 2.38. The Bertz CT molecular complexity index is 860. The van der Waals surface area contributed by atoms with E-state index < -0.39 is 0 Å². The summed E-state index contributed by atoms with van der Waals surface area (Å²) in [6.07, 6.45) is 11.3. The third kappa shape index (κ3) is 7.70. The van der Waals surface area contributed by atoms with Crippen molar-refractivity contribution < 1.29 is 4.79 Å². The van der Waals surface area contributed by atoms with Crippen LogP contribution in [0.5, 0.6) is 0 Å². The molecule has 0 N–H and O–H groups in total. The minimum Gasteiger partial charge on any atom is -0.348 e. The fourth-order valence-corrected chi connectivity index (χ4v) is 3.44. The lowest BCUT2D eigenvalue weighted by molar-refractivity contribution is 0.00746. The molecule has 0 atom stereocenters. The maximum Gasteiger partial charge on any atom is 0.303 e. The highest BCUT2D eigenvalue weighted by Gasteiger charge is 2.09. The van der Waals surface area contributed by atoms with Crippen molar-refractivity contribution in [2.75, 3.05) is 0 Å². The number of aryl methyl sites for hydroxylation is 2. The molecule has 0 heterocycles. The summed E-state index contributed by atoms with van der Waals surface area (Å²) in [5.41, 5.74) is 16.2. The van der Waals surface area contributed by atoms with Crippen molar-refractivity contribution in [3.8, 4) is 0 Å². The maximum absolute atomic E-state index is 9.11. The highest BCUT2D eigenvalue weighted by atomic mass is 14.8. The van der Waals surface area contributed by atoms with Crippen LogP contribution in [0.15, 0.2) is 60.2 Å². The minimum atomic E-state index is 0.869. The number of hydrogen-bond acceptors (Lipinski definition) is 0. The molecule has 0 radical (unpaired) electrons. The van der Waals surface area contributed by atoms with Crippen molar-refractivity contribution in [3.05, 3.63) is 88.0 Å². The summed E-state index contributed by atoms with van der Waals surface area (Å²) < 4.78 is 0. The Morgan fingerprint density at radius 1 is 0.862 bits per heavy atom. The van der Waals surface area contributed by atoms with Crippen molar-refractivity contribution in [3.63, 3.8) is 0 Å². The molecule has 0 aromatic heterocycles. The highest BCUT2D eigenvalue weighted by Crippen LogP contribution is 2.27. The van der Waals surface area contributed by atoms with Crippen LogP contribution in [-0.2, 0) is 6.42 Å². The third-order valence-electron chi connectivity index (χ3n) is 5.26. The fourth-order valence-electron chi connectivity index (χ4n) is 3.44. The van der Waals surface area contributed by atoms with Gasteiger partial charge in [-0.2, -0.15) is 0 Å². The average Bonchev–Trinajstić information content (AvgIpc) is 2.74. The van der Waals surface area contributed by atoms with Gasteiger partial charge in [0, 0.05) is 0 Å². The van der Waals surface area contributed by atoms with Gasteiger partial charge >= 0.3 is 5.87 Å². The first kappa shape index (κ1) is 22.6. The molecule has 152 valence electrons. The normalized spacial score (nSPS) is 11.1. The number of hydrogen-bond donors (Lipinski definition) is 0. The van der Waals surface area contributed by atoms with E-state index in [2.05, 4.69) is 86.0 Å². The second-order valence-electron chi connectivity index (χ2n) is 7.77. The van der Waals surface area contributed by atoms with Gasteiger partial charge in [0.2, 0.25) is 0 Å². The zero-order chi connectivity index (χ0) is 20.9. The van der Waals surface area contributed by atoms with Gasteiger partial charge in [-0.05, 0) is 60.9 Å². The van der Waals surface area contributed by atoms with Crippen LogP contribution >= 0.6 is 0 Å². The quantitative estimate of drug-likeness (QED) is 0.126. The lowest BCUT2D eigenvalue weighted by Crippen LogP contribution is -1.93. The summed E-state index contributed by atoms with van der Waals surface area (Å²) in [7, 11) is 0. The molecule has 0 fully saturated rings. The van der Waals surface area contributed by atoms with Crippen LogP contribution in [0.4, 0.5) is 0 Å². The second kappa shape index (κ2) is 12.7. The van der Waals surface area contributed by atoms with Gasteiger partial charge in [-0.15, -0.1) is 4.79 Å². The zero-order valence-electron chi connectivity index (χ0n) is 18.2. The molecule has 2 rings (SSSR count). The summed E-state index contributed by atoms with van der Waals surface area (Å²) in [5.74, 6) is 2.80. The van der Waals surface area contributed by atoms with E-state index in [9.17, 15) is 0 Å². The van der Waals surface area contributed by atoms with Gasteiger partial charge in [0.05, 0.1) is 5.57 Å². The van der Waals surface area contributed by atoms with Crippen LogP contribution < -0.4 is 0 Å². The fraction of sp³-hybridized carbons (Fsp3) is 0.407. The molecule has 0 aliphatic rings. The Morgan fingerprint density at radius 2 is 1.48 bits per heavy atom. The van der Waals surface area contributed by atoms with E-state index in [1.165, 1.54) is 54.4 Å². The van der Waals surface area contributed by atoms with Gasteiger partial charge < -0.3 is 5.53 Å². The molecule has 0 saturated carbocycles. The third-order valence-corrected chi connectivity index (χ3v) is 5.26. The molecule has 0 saturated heterocycles. The molecule has 29 heavy (non-hydrogen) atoms. The van der Waals surface area contributed by atoms with E-state index in [1.54, 1.807) is 0 Å². The predicted molar refractivity (Wildman–Crippen MR) is 124 cm³/mol. The van der Waals surface area contributed by atoms with Gasteiger partial charge in [-0.25, -0.2) is 0 Å². The van der Waals surface area contributed by atoms with Crippen molar-refractivity contribution in [2.24, 2.45) is 0 Å². The van der Waals surface area contributed by atoms with Gasteiger partial charge in [0.25, 0.3) is 0 Å². The van der Waals surface area contributed by atoms with Crippen LogP contribution in [0.25, 0.3) is 11.1 Å². The van der Waals surface area contributed by atoms with E-state index in [-0.39, 0.29) is 0 Å². The standard InChI is InChI=1S/C27H34N2/c1-4-6-8-9-11-24(21-29-28)20-27(25-16-12-22(3)13-17-25)26-18-14-23(15-19-26)10-7-5-2/h12-20H,4-11H2,1-3H3. The van der Waals surface area contributed by atoms with Gasteiger partial charge in [0.1, 0.15) is 0 Å². The second-order valence-corrected chi connectivity index (χ2v) is 7.77. The average molecular weight is 387 g/mol. The molecule has 0 unspecified atom stereocenters. The zero-order valence-corrected chi connectivity index (χ0v) is 18.2. The number of nitrogens with zero attached hydrogens (tertiary/aromatic N) is 2. The van der Waals surface area contributed by atoms with E-state index in [1.807, 2.05) is 0 Å². The maximum atomic E-state index is 9.11. The van der Waals surface area contributed by atoms with Crippen molar-refractivity contribution in [1.29, 1.82) is 0 Å². The Hall–Kier alpha value is -2.66. The van der Waals surface area contributed by atoms with Crippen molar-refractivity contribution >= 4 is 11.4 Å². The number of unbranched alkanes of at least 4 members (excludes halogenated alkanes) is 4. The molecule has 2 aromatic carbocycles. The Kier molecular flexibility index (Phi) is 9.93. The molecule has 2 nitrogen and oxygen atoms in total. The molecular formula is C27H34N2. The van der Waals surface area contributed by atoms with E-state index in [0.29, 0.717) is 0 Å². The van der Waals surface area contributed by atoms with Crippen LogP contribution in [0.3, 0.4) is 0 Å². The van der Waals surface area contributed by atoms with Crippen LogP contribution in [0.2, 0.25) is 0 Å². The lowest BCUT2D eigenvalue weighted by Gasteiger charge is -2.11. The van der Waals surface area contributed by atoms with Crippen LogP contribution in [-0.4, -0.2) is 10.7 Å². The topological polar surface area (TPSA) is 36.4 Å². The van der Waals surface area contributed by atoms with Crippen LogP contribution in [0.1, 0.15) is 81.0 Å². The number of allylic oxidation sites excluding steroid dienone is 2. The van der Waals surface area contributed by atoms with Crippen LogP contribution in [0, 0.1) is 6.92 Å². The molecule has 0 aliphatic heterocycles. The molecule has 0 amide bonds. The van der Waals surface area contributed by atoms with Gasteiger partial charge in [0.15, 0.2) is 0 Å². The highest BCUT2D eigenvalue weighted by molar-refractivity contribution is 5.83. The molecule has 0 bridgehead atoms. The Morgan fingerprint density at radius 3 is 2.07 bits per heavy atom. The summed E-state index contributed by atoms with van der Waals surface area (Å²) in [4.78, 5) is 3.21. The first-order valence-electron chi connectivity index (χ1n) is 11.0. The summed E-state index contributed by atoms with van der Waals surface area (Å²) in [6.45, 7) is 6.54. The molecule has 0 spiro atoms. The smallest absolute Gasteiger partial charge is 0.303 e. The summed E-state index contributed by atoms with van der Waals surface area (Å²) >= 11 is 0. The van der Waals surface area contributed by atoms with Gasteiger partial charge in [-0.3, -0.25) is 0 Å². The SMILES string of the molecule is CCCCCCC(=C=[N+]=[N-])C=C(c1ccc(C)cc1)c1ccc(CCCC)cc1.